The summed E-state index contributed by atoms with van der Waals surface area (Å²) in [6.07, 6.45) is 0.898. The highest BCUT2D eigenvalue weighted by molar-refractivity contribution is 5.24. The number of hydrogen-bond donors (Lipinski definition) is 1. The summed E-state index contributed by atoms with van der Waals surface area (Å²) in [7, 11) is 1.61. The quantitative estimate of drug-likeness (QED) is 0.806. The van der Waals surface area contributed by atoms with E-state index in [0.717, 1.165) is 12.0 Å². The summed E-state index contributed by atoms with van der Waals surface area (Å²) in [5, 5.41) is 9.07. The van der Waals surface area contributed by atoms with E-state index in [4.69, 9.17) is 9.84 Å². The van der Waals surface area contributed by atoms with Crippen molar-refractivity contribution in [2.24, 2.45) is 5.92 Å². The normalized spacial score (nSPS) is 13.1. The number of rotatable bonds is 5. The molecule has 15 heavy (non-hydrogen) atoms. The van der Waals surface area contributed by atoms with Crippen LogP contribution in [0.1, 0.15) is 31.1 Å². The Balaban J connectivity index is 2.71. The van der Waals surface area contributed by atoms with Gasteiger partial charge in [0.05, 0.1) is 6.61 Å². The van der Waals surface area contributed by atoms with Gasteiger partial charge in [-0.2, -0.15) is 0 Å². The molecule has 1 aromatic carbocycles. The van der Waals surface area contributed by atoms with Crippen LogP contribution in [0.4, 0.5) is 0 Å². The molecule has 1 N–H and O–H groups in total. The Kier molecular flexibility index (Phi) is 4.79. The van der Waals surface area contributed by atoms with E-state index >= 15 is 0 Å². The van der Waals surface area contributed by atoms with Gasteiger partial charge in [0.25, 0.3) is 0 Å². The summed E-state index contributed by atoms with van der Waals surface area (Å²) in [5.74, 6) is 0.673. The lowest BCUT2D eigenvalue weighted by atomic mass is 10.0. The third kappa shape index (κ3) is 3.65. The number of methoxy groups -OCH3 is 1. The Morgan fingerprint density at radius 3 is 2.20 bits per heavy atom. The number of aliphatic hydroxyl groups excluding tert-OH is 1. The maximum absolute atomic E-state index is 9.07. The smallest absolute Gasteiger partial charge is 0.105 e. The fraction of sp³-hybridized carbons (Fsp3) is 0.538. The number of ether oxygens (including phenoxy) is 1. The average molecular weight is 208 g/mol. The van der Waals surface area contributed by atoms with Crippen molar-refractivity contribution in [3.8, 4) is 0 Å². The summed E-state index contributed by atoms with van der Waals surface area (Å²) in [4.78, 5) is 0. The fourth-order valence-corrected chi connectivity index (χ4v) is 1.66. The van der Waals surface area contributed by atoms with Gasteiger partial charge in [0.15, 0.2) is 0 Å². The van der Waals surface area contributed by atoms with E-state index in [2.05, 4.69) is 26.0 Å². The lowest BCUT2D eigenvalue weighted by molar-refractivity contribution is 0.0484. The van der Waals surface area contributed by atoms with E-state index in [9.17, 15) is 0 Å². The van der Waals surface area contributed by atoms with Gasteiger partial charge in [-0.15, -0.1) is 0 Å². The Bertz CT molecular complexity index is 273. The van der Waals surface area contributed by atoms with Crippen LogP contribution in [0.2, 0.25) is 0 Å². The molecule has 1 aromatic rings. The van der Waals surface area contributed by atoms with Gasteiger partial charge in [-0.3, -0.25) is 0 Å². The van der Waals surface area contributed by atoms with Crippen molar-refractivity contribution < 1.29 is 9.84 Å². The molecule has 0 aliphatic carbocycles. The first-order valence-electron chi connectivity index (χ1n) is 5.39. The topological polar surface area (TPSA) is 29.5 Å². The minimum atomic E-state index is -0.196. The molecule has 1 atom stereocenters. The second-order valence-electron chi connectivity index (χ2n) is 4.25. The van der Waals surface area contributed by atoms with Crippen molar-refractivity contribution in [2.45, 2.75) is 26.4 Å². The van der Waals surface area contributed by atoms with Crippen LogP contribution < -0.4 is 0 Å². The molecule has 84 valence electrons. The highest BCUT2D eigenvalue weighted by Crippen LogP contribution is 2.17. The first kappa shape index (κ1) is 12.2. The van der Waals surface area contributed by atoms with Crippen LogP contribution in [0.15, 0.2) is 24.3 Å². The number of benzene rings is 1. The second-order valence-corrected chi connectivity index (χ2v) is 4.25. The molecular formula is C13H20O2. The monoisotopic (exact) mass is 208 g/mol. The van der Waals surface area contributed by atoms with Crippen LogP contribution in [0.3, 0.4) is 0 Å². The predicted molar refractivity (Wildman–Crippen MR) is 61.8 cm³/mol. The van der Waals surface area contributed by atoms with Crippen LogP contribution in [0.5, 0.6) is 0 Å². The molecule has 0 heterocycles. The van der Waals surface area contributed by atoms with Crippen LogP contribution in [0.25, 0.3) is 0 Å². The van der Waals surface area contributed by atoms with Crippen molar-refractivity contribution >= 4 is 0 Å². The van der Waals surface area contributed by atoms with Gasteiger partial charge in [0.2, 0.25) is 0 Å². The van der Waals surface area contributed by atoms with Crippen LogP contribution >= 0.6 is 0 Å². The van der Waals surface area contributed by atoms with Crippen molar-refractivity contribution in [2.75, 3.05) is 13.7 Å². The maximum Gasteiger partial charge on any atom is 0.105 e. The van der Waals surface area contributed by atoms with Crippen LogP contribution in [0, 0.1) is 5.92 Å². The van der Waals surface area contributed by atoms with Crippen molar-refractivity contribution in [3.05, 3.63) is 35.4 Å². The van der Waals surface area contributed by atoms with E-state index in [1.54, 1.807) is 7.11 Å². The molecule has 1 rings (SSSR count). The summed E-state index contributed by atoms with van der Waals surface area (Å²) < 4.78 is 5.16. The highest BCUT2D eigenvalue weighted by Gasteiger charge is 2.08. The summed E-state index contributed by atoms with van der Waals surface area (Å²) in [6.45, 7) is 4.44. The molecule has 0 spiro atoms. The zero-order valence-electron chi connectivity index (χ0n) is 9.73. The van der Waals surface area contributed by atoms with Gasteiger partial charge in [0.1, 0.15) is 6.10 Å². The zero-order chi connectivity index (χ0) is 11.3. The SMILES string of the molecule is COC(CO)c1ccc(CC(C)C)cc1. The Morgan fingerprint density at radius 1 is 1.20 bits per heavy atom. The summed E-state index contributed by atoms with van der Waals surface area (Å²) in [5.41, 5.74) is 2.37. The zero-order valence-corrected chi connectivity index (χ0v) is 9.73. The summed E-state index contributed by atoms with van der Waals surface area (Å²) in [6, 6.07) is 8.28. The first-order chi connectivity index (χ1) is 7.17. The van der Waals surface area contributed by atoms with Gasteiger partial charge in [0, 0.05) is 7.11 Å². The number of aliphatic hydroxyl groups is 1. The molecule has 0 radical (unpaired) electrons. The molecule has 0 bridgehead atoms. The van der Waals surface area contributed by atoms with E-state index in [1.807, 2.05) is 12.1 Å². The largest absolute Gasteiger partial charge is 0.393 e. The molecular weight excluding hydrogens is 188 g/mol. The highest BCUT2D eigenvalue weighted by atomic mass is 16.5. The lowest BCUT2D eigenvalue weighted by Crippen LogP contribution is -2.06. The third-order valence-electron chi connectivity index (χ3n) is 2.45. The van der Waals surface area contributed by atoms with Crippen LogP contribution in [-0.4, -0.2) is 18.8 Å². The van der Waals surface area contributed by atoms with Crippen molar-refractivity contribution in [3.63, 3.8) is 0 Å². The Hall–Kier alpha value is -0.860. The molecule has 0 saturated heterocycles. The fourth-order valence-electron chi connectivity index (χ4n) is 1.66. The average Bonchev–Trinajstić information content (AvgIpc) is 2.21. The molecule has 0 aliphatic rings. The van der Waals surface area contributed by atoms with E-state index < -0.39 is 0 Å². The second kappa shape index (κ2) is 5.89. The minimum Gasteiger partial charge on any atom is -0.393 e. The van der Waals surface area contributed by atoms with Crippen LogP contribution in [-0.2, 0) is 11.2 Å². The van der Waals surface area contributed by atoms with E-state index in [1.165, 1.54) is 5.56 Å². The van der Waals surface area contributed by atoms with Crippen molar-refractivity contribution in [1.29, 1.82) is 0 Å². The van der Waals surface area contributed by atoms with Gasteiger partial charge < -0.3 is 9.84 Å². The van der Waals surface area contributed by atoms with E-state index in [-0.39, 0.29) is 12.7 Å². The third-order valence-corrected chi connectivity index (χ3v) is 2.45. The molecule has 0 fully saturated rings. The van der Waals surface area contributed by atoms with Gasteiger partial charge >= 0.3 is 0 Å². The lowest BCUT2D eigenvalue weighted by Gasteiger charge is -2.13. The molecule has 1 unspecified atom stereocenters. The minimum absolute atomic E-state index is 0.0278. The van der Waals surface area contributed by atoms with Gasteiger partial charge in [-0.25, -0.2) is 0 Å². The predicted octanol–water partition coefficient (Wildman–Crippen LogP) is 2.56. The Labute approximate surface area is 91.9 Å². The van der Waals surface area contributed by atoms with Gasteiger partial charge in [-0.05, 0) is 23.5 Å². The molecule has 2 heteroatoms. The van der Waals surface area contributed by atoms with E-state index in [0.29, 0.717) is 5.92 Å². The summed E-state index contributed by atoms with van der Waals surface area (Å²) >= 11 is 0. The molecule has 0 amide bonds. The molecule has 2 nitrogen and oxygen atoms in total. The first-order valence-corrected chi connectivity index (χ1v) is 5.39. The Morgan fingerprint density at radius 2 is 1.80 bits per heavy atom. The molecule has 0 aromatic heterocycles. The molecule has 0 aliphatic heterocycles. The molecule has 0 saturated carbocycles. The van der Waals surface area contributed by atoms with Crippen molar-refractivity contribution in [1.82, 2.24) is 0 Å². The standard InChI is InChI=1S/C13H20O2/c1-10(2)8-11-4-6-12(7-5-11)13(9-14)15-3/h4-7,10,13-14H,8-9H2,1-3H3. The maximum atomic E-state index is 9.07. The number of hydrogen-bond acceptors (Lipinski definition) is 2. The van der Waals surface area contributed by atoms with Gasteiger partial charge in [-0.1, -0.05) is 38.1 Å².